The molecule has 2 amide bonds. The molecule has 0 saturated carbocycles. The Bertz CT molecular complexity index is 638. The fourth-order valence-corrected chi connectivity index (χ4v) is 2.43. The van der Waals surface area contributed by atoms with Crippen LogP contribution in [0.5, 0.6) is 0 Å². The highest BCUT2D eigenvalue weighted by Gasteiger charge is 2.37. The van der Waals surface area contributed by atoms with Gasteiger partial charge in [-0.15, -0.1) is 0 Å². The zero-order chi connectivity index (χ0) is 14.3. The minimum atomic E-state index is -0.191. The van der Waals surface area contributed by atoms with Crippen molar-refractivity contribution in [3.05, 3.63) is 22.1 Å². The van der Waals surface area contributed by atoms with Crippen LogP contribution in [0.3, 0.4) is 0 Å². The van der Waals surface area contributed by atoms with Crippen LogP contribution in [0, 0.1) is 0 Å². The quantitative estimate of drug-likeness (QED) is 0.759. The van der Waals surface area contributed by atoms with Crippen LogP contribution in [-0.2, 0) is 9.59 Å². The van der Waals surface area contributed by atoms with Gasteiger partial charge in [-0.1, -0.05) is 0 Å². The van der Waals surface area contributed by atoms with Crippen LogP contribution in [0.1, 0.15) is 25.0 Å². The zero-order valence-electron chi connectivity index (χ0n) is 11.0. The van der Waals surface area contributed by atoms with E-state index < -0.39 is 0 Å². The lowest BCUT2D eigenvalue weighted by atomic mass is 9.95. The van der Waals surface area contributed by atoms with Gasteiger partial charge in [-0.2, -0.15) is 5.10 Å². The number of aromatic amines is 2. The van der Waals surface area contributed by atoms with E-state index in [1.54, 1.807) is 4.90 Å². The standard InChI is InChI=1S/C12H15N5O3/c1-2-17-11(19)4-9(15-17)12(20)16-5-7(6-16)8-3-10(18)14-13-8/h3,7H,2,4-6H2,1H3,(H2,13,14,18). The molecule has 0 aliphatic carbocycles. The van der Waals surface area contributed by atoms with Gasteiger partial charge in [-0.25, -0.2) is 5.01 Å². The Kier molecular flexibility index (Phi) is 2.92. The highest BCUT2D eigenvalue weighted by Crippen LogP contribution is 2.25. The minimum absolute atomic E-state index is 0.0782. The number of nitrogens with zero attached hydrogens (tertiary/aromatic N) is 3. The molecule has 0 radical (unpaired) electrons. The highest BCUT2D eigenvalue weighted by atomic mass is 16.2. The maximum Gasteiger partial charge on any atom is 0.270 e. The number of nitrogens with one attached hydrogen (secondary N) is 2. The first-order chi connectivity index (χ1) is 9.58. The summed E-state index contributed by atoms with van der Waals surface area (Å²) >= 11 is 0. The second kappa shape index (κ2) is 4.62. The zero-order valence-corrected chi connectivity index (χ0v) is 11.0. The fourth-order valence-electron chi connectivity index (χ4n) is 2.43. The molecular weight excluding hydrogens is 262 g/mol. The van der Waals surface area contributed by atoms with Crippen LogP contribution in [0.25, 0.3) is 0 Å². The number of H-pyrrole nitrogens is 2. The molecule has 1 fully saturated rings. The van der Waals surface area contributed by atoms with Crippen molar-refractivity contribution in [2.24, 2.45) is 5.10 Å². The fraction of sp³-hybridized carbons (Fsp3) is 0.500. The Morgan fingerprint density at radius 1 is 1.40 bits per heavy atom. The van der Waals surface area contributed by atoms with Gasteiger partial charge < -0.3 is 10.00 Å². The van der Waals surface area contributed by atoms with Gasteiger partial charge in [0.25, 0.3) is 11.5 Å². The van der Waals surface area contributed by atoms with Crippen molar-refractivity contribution in [3.63, 3.8) is 0 Å². The van der Waals surface area contributed by atoms with Crippen LogP contribution >= 0.6 is 0 Å². The Balaban J connectivity index is 1.61. The number of amides is 2. The summed E-state index contributed by atoms with van der Waals surface area (Å²) in [5, 5.41) is 10.6. The summed E-state index contributed by atoms with van der Waals surface area (Å²) in [4.78, 5) is 36.4. The maximum atomic E-state index is 12.2. The lowest BCUT2D eigenvalue weighted by Crippen LogP contribution is -2.51. The Hall–Kier alpha value is -2.38. The third kappa shape index (κ3) is 2.02. The minimum Gasteiger partial charge on any atom is -0.336 e. The molecule has 8 nitrogen and oxygen atoms in total. The van der Waals surface area contributed by atoms with Gasteiger partial charge >= 0.3 is 0 Å². The average Bonchev–Trinajstić information content (AvgIpc) is 2.94. The van der Waals surface area contributed by atoms with E-state index >= 15 is 0 Å². The van der Waals surface area contributed by atoms with Gasteiger partial charge in [0.2, 0.25) is 5.91 Å². The summed E-state index contributed by atoms with van der Waals surface area (Å²) < 4.78 is 0. The number of rotatable bonds is 3. The van der Waals surface area contributed by atoms with Crippen molar-refractivity contribution in [1.29, 1.82) is 0 Å². The molecule has 0 aromatic carbocycles. The van der Waals surface area contributed by atoms with Crippen molar-refractivity contribution in [2.45, 2.75) is 19.3 Å². The van der Waals surface area contributed by atoms with Gasteiger partial charge in [0.1, 0.15) is 5.71 Å². The topological polar surface area (TPSA) is 102 Å². The number of carbonyl (C=O) groups is 2. The smallest absolute Gasteiger partial charge is 0.270 e. The predicted octanol–water partition coefficient (Wildman–Crippen LogP) is -0.763. The Morgan fingerprint density at radius 2 is 2.15 bits per heavy atom. The van der Waals surface area contributed by atoms with E-state index in [2.05, 4.69) is 15.3 Å². The molecule has 1 aromatic rings. The molecule has 2 aliphatic rings. The molecule has 0 spiro atoms. The van der Waals surface area contributed by atoms with E-state index in [1.807, 2.05) is 6.92 Å². The third-order valence-electron chi connectivity index (χ3n) is 3.62. The SMILES string of the molecule is CCN1N=C(C(=O)N2CC(c3cc(=O)[nH][nH]3)C2)CC1=O. The second-order valence-electron chi connectivity index (χ2n) is 4.95. The average molecular weight is 277 g/mol. The largest absolute Gasteiger partial charge is 0.336 e. The van der Waals surface area contributed by atoms with E-state index in [4.69, 9.17) is 0 Å². The molecule has 2 N–H and O–H groups in total. The van der Waals surface area contributed by atoms with E-state index in [9.17, 15) is 14.4 Å². The lowest BCUT2D eigenvalue weighted by Gasteiger charge is -2.38. The van der Waals surface area contributed by atoms with Crippen molar-refractivity contribution < 1.29 is 9.59 Å². The van der Waals surface area contributed by atoms with Crippen LogP contribution in [0.4, 0.5) is 0 Å². The van der Waals surface area contributed by atoms with E-state index in [0.717, 1.165) is 5.69 Å². The molecule has 20 heavy (non-hydrogen) atoms. The van der Waals surface area contributed by atoms with Crippen LogP contribution < -0.4 is 5.56 Å². The van der Waals surface area contributed by atoms with Crippen molar-refractivity contribution in [1.82, 2.24) is 20.1 Å². The number of hydrazone groups is 1. The number of carbonyl (C=O) groups excluding carboxylic acids is 2. The number of likely N-dealkylation sites (tertiary alicyclic amines) is 1. The summed E-state index contributed by atoms with van der Waals surface area (Å²) in [5.74, 6) is -0.191. The number of hydrogen-bond donors (Lipinski definition) is 2. The molecule has 1 saturated heterocycles. The first-order valence-corrected chi connectivity index (χ1v) is 6.53. The molecule has 8 heteroatoms. The first-order valence-electron chi connectivity index (χ1n) is 6.53. The molecule has 0 atom stereocenters. The van der Waals surface area contributed by atoms with Crippen LogP contribution in [0.2, 0.25) is 0 Å². The Labute approximate surface area is 114 Å². The normalized spacial score (nSPS) is 19.2. The predicted molar refractivity (Wildman–Crippen MR) is 70.2 cm³/mol. The summed E-state index contributed by atoms with van der Waals surface area (Å²) in [5.41, 5.74) is 0.936. The second-order valence-corrected chi connectivity index (χ2v) is 4.95. The molecule has 0 bridgehead atoms. The van der Waals surface area contributed by atoms with Crippen LogP contribution in [0.15, 0.2) is 16.0 Å². The maximum absolute atomic E-state index is 12.2. The van der Waals surface area contributed by atoms with E-state index in [-0.39, 0.29) is 29.7 Å². The van der Waals surface area contributed by atoms with Crippen molar-refractivity contribution in [2.75, 3.05) is 19.6 Å². The van der Waals surface area contributed by atoms with Gasteiger partial charge in [0, 0.05) is 37.3 Å². The lowest BCUT2D eigenvalue weighted by molar-refractivity contribution is -0.130. The molecule has 1 aromatic heterocycles. The van der Waals surface area contributed by atoms with Gasteiger partial charge in [-0.3, -0.25) is 19.5 Å². The third-order valence-corrected chi connectivity index (χ3v) is 3.62. The highest BCUT2D eigenvalue weighted by molar-refractivity contribution is 6.43. The molecule has 2 aliphatic heterocycles. The summed E-state index contributed by atoms with van der Waals surface area (Å²) in [7, 11) is 0. The van der Waals surface area contributed by atoms with Gasteiger partial charge in [0.05, 0.1) is 6.42 Å². The van der Waals surface area contributed by atoms with E-state index in [0.29, 0.717) is 25.3 Å². The summed E-state index contributed by atoms with van der Waals surface area (Å²) in [6, 6.07) is 1.50. The van der Waals surface area contributed by atoms with Crippen LogP contribution in [-0.4, -0.2) is 57.3 Å². The number of hydrogen-bond acceptors (Lipinski definition) is 4. The summed E-state index contributed by atoms with van der Waals surface area (Å²) in [6.45, 7) is 3.36. The molecule has 0 unspecified atom stereocenters. The number of aromatic nitrogens is 2. The van der Waals surface area contributed by atoms with E-state index in [1.165, 1.54) is 11.1 Å². The van der Waals surface area contributed by atoms with Crippen molar-refractivity contribution >= 4 is 17.5 Å². The van der Waals surface area contributed by atoms with Gasteiger partial charge in [0.15, 0.2) is 0 Å². The molecule has 3 heterocycles. The van der Waals surface area contributed by atoms with Gasteiger partial charge in [-0.05, 0) is 6.92 Å². The molecular formula is C12H15N5O3. The first kappa shape index (κ1) is 12.6. The monoisotopic (exact) mass is 277 g/mol. The van der Waals surface area contributed by atoms with Crippen molar-refractivity contribution in [3.8, 4) is 0 Å². The molecule has 3 rings (SSSR count). The molecule has 106 valence electrons. The summed E-state index contributed by atoms with van der Waals surface area (Å²) in [6.07, 6.45) is 0.0782. The Morgan fingerprint density at radius 3 is 2.70 bits per heavy atom.